The predicted molar refractivity (Wildman–Crippen MR) is 369 cm³/mol. The summed E-state index contributed by atoms with van der Waals surface area (Å²) >= 11 is 0. The number of aliphatic hydroxyl groups excluding tert-OH is 2. The van der Waals surface area contributed by atoms with Crippen LogP contribution in [0.25, 0.3) is 10.9 Å². The van der Waals surface area contributed by atoms with Gasteiger partial charge in [-0.25, -0.2) is 4.79 Å². The zero-order chi connectivity index (χ0) is 77.2. The van der Waals surface area contributed by atoms with E-state index < -0.39 is 232 Å². The maximum Gasteiger partial charge on any atom is 0.329 e. The van der Waals surface area contributed by atoms with E-state index in [0.29, 0.717) is 28.5 Å². The fourth-order valence-electron chi connectivity index (χ4n) is 10.9. The van der Waals surface area contributed by atoms with E-state index in [9.17, 15) is 97.1 Å². The van der Waals surface area contributed by atoms with Crippen molar-refractivity contribution < 1.29 is 102 Å². The third-order valence-corrected chi connectivity index (χ3v) is 16.8. The Labute approximate surface area is 598 Å². The van der Waals surface area contributed by atoms with Crippen molar-refractivity contribution in [3.63, 3.8) is 0 Å². The zero-order valence-electron chi connectivity index (χ0n) is 58.4. The number of hydrogen-bond donors (Lipinski definition) is 20. The first-order valence-corrected chi connectivity index (χ1v) is 34.2. The quantitative estimate of drug-likeness (QED) is 0.0238. The highest BCUT2D eigenvalue weighted by molar-refractivity contribution is 6.01. The number of carboxylic acids is 2. The number of esters is 1. The normalized spacial score (nSPS) is 23.1. The average Bonchev–Trinajstić information content (AvgIpc) is 1.80. The van der Waals surface area contributed by atoms with Crippen molar-refractivity contribution in [3.8, 4) is 0 Å². The number of fused-ring (bicyclic) bond motifs is 1. The highest BCUT2D eigenvalue weighted by Crippen LogP contribution is 2.21. The minimum absolute atomic E-state index is 0.217. The van der Waals surface area contributed by atoms with Crippen LogP contribution in [0, 0.1) is 5.92 Å². The number of aliphatic hydroxyl groups is 2. The van der Waals surface area contributed by atoms with E-state index in [4.69, 9.17) is 21.9 Å². The van der Waals surface area contributed by atoms with Crippen molar-refractivity contribution in [1.82, 2.24) is 68.8 Å². The summed E-state index contributed by atoms with van der Waals surface area (Å²) in [6.45, 7) is 2.46. The van der Waals surface area contributed by atoms with E-state index in [1.165, 1.54) is 0 Å². The number of nitrogens with one attached hydrogen (secondary N) is 13. The molecule has 0 bridgehead atoms. The number of aromatic nitrogens is 1. The van der Waals surface area contributed by atoms with Gasteiger partial charge in [0.25, 0.3) is 0 Å². The lowest BCUT2D eigenvalue weighted by Gasteiger charge is -2.30. The number of rotatable bonds is 28. The van der Waals surface area contributed by atoms with Gasteiger partial charge in [-0.1, -0.05) is 108 Å². The Morgan fingerprint density at radius 2 is 1.11 bits per heavy atom. The molecular formula is C67H98N16O21. The number of H-pyrrole nitrogens is 1. The van der Waals surface area contributed by atoms with Crippen molar-refractivity contribution in [1.29, 1.82) is 0 Å². The molecule has 13 unspecified atom stereocenters. The van der Waals surface area contributed by atoms with Gasteiger partial charge in [0.2, 0.25) is 76.8 Å². The van der Waals surface area contributed by atoms with Gasteiger partial charge in [0.15, 0.2) is 0 Å². The SMILES string of the molecule is CCCCCCCC(O)CC(=O)NC(CO)C(=O)NC1C(=O)NC(CCN)C(=O)NC(CC(=O)O)C(=O)NCC(=O)NC(CC(N)=O)C(=O)NC(CC(=O)O)C(=O)NCC(=O)NC(Cc2c[nH]c3ccccc23)C(=O)NC(C(C)CC)C(=O)NC(CCN)C(=O)NC(Cc2ccccc2)C(=O)OC1C. The molecule has 4 rings (SSSR count). The number of carbonyl (C=O) groups excluding carboxylic acids is 14. The van der Waals surface area contributed by atoms with E-state index in [1.807, 2.05) is 12.2 Å². The molecule has 0 aliphatic carbocycles. The summed E-state index contributed by atoms with van der Waals surface area (Å²) in [5.74, 6) is -21.0. The number of aromatic amines is 1. The fraction of sp³-hybridized carbons (Fsp3) is 0.552. The number of carbonyl (C=O) groups is 16. The van der Waals surface area contributed by atoms with Crippen LogP contribution in [0.15, 0.2) is 60.8 Å². The number of amides is 13. The summed E-state index contributed by atoms with van der Waals surface area (Å²) in [6, 6.07) is -3.49. The molecule has 1 saturated heterocycles. The van der Waals surface area contributed by atoms with Crippen molar-refractivity contribution in [3.05, 3.63) is 71.9 Å². The number of unbranched alkanes of at least 4 members (excludes halogenated alkanes) is 4. The van der Waals surface area contributed by atoms with Crippen LogP contribution in [0.1, 0.15) is 122 Å². The molecule has 1 fully saturated rings. The Bertz CT molecular complexity index is 3490. The number of para-hydroxylation sites is 1. The molecule has 0 radical (unpaired) electrons. The molecular weight excluding hydrogens is 1360 g/mol. The number of primary amides is 1. The van der Waals surface area contributed by atoms with Gasteiger partial charge >= 0.3 is 17.9 Å². The number of aliphatic carboxylic acids is 2. The van der Waals surface area contributed by atoms with E-state index in [-0.39, 0.29) is 38.6 Å². The molecule has 23 N–H and O–H groups in total. The third kappa shape index (κ3) is 29.0. The minimum atomic E-state index is -2.14. The average molecular weight is 1460 g/mol. The molecule has 0 saturated carbocycles. The first kappa shape index (κ1) is 85.8. The zero-order valence-corrected chi connectivity index (χ0v) is 58.4. The maximum absolute atomic E-state index is 14.8. The fourth-order valence-corrected chi connectivity index (χ4v) is 10.9. The number of ether oxygens (including phenoxy) is 1. The second-order valence-corrected chi connectivity index (χ2v) is 25.1. The predicted octanol–water partition coefficient (Wildman–Crippen LogP) is -5.35. The molecule has 0 spiro atoms. The van der Waals surface area contributed by atoms with Gasteiger partial charge in [-0.05, 0) is 62.4 Å². The van der Waals surface area contributed by atoms with E-state index in [0.717, 1.165) is 32.6 Å². The number of benzene rings is 2. The van der Waals surface area contributed by atoms with Crippen LogP contribution < -0.4 is 81.0 Å². The summed E-state index contributed by atoms with van der Waals surface area (Å²) in [4.78, 5) is 223. The first-order valence-electron chi connectivity index (χ1n) is 34.2. The van der Waals surface area contributed by atoms with Gasteiger partial charge in [0.1, 0.15) is 66.5 Å². The molecule has 37 nitrogen and oxygen atoms in total. The number of cyclic esters (lactones) is 1. The summed E-state index contributed by atoms with van der Waals surface area (Å²) in [6.07, 6.45) is -2.19. The second-order valence-electron chi connectivity index (χ2n) is 25.1. The second kappa shape index (κ2) is 44.0. The summed E-state index contributed by atoms with van der Waals surface area (Å²) in [5.41, 5.74) is 18.8. The van der Waals surface area contributed by atoms with Gasteiger partial charge in [0.05, 0.1) is 51.5 Å². The number of nitrogens with two attached hydrogens (primary N) is 3. The highest BCUT2D eigenvalue weighted by atomic mass is 16.5. The Morgan fingerprint density at radius 1 is 0.596 bits per heavy atom. The number of carboxylic acid groups (broad SMARTS) is 2. The molecule has 1 aromatic heterocycles. The Hall–Kier alpha value is -10.7. The largest absolute Gasteiger partial charge is 0.481 e. The van der Waals surface area contributed by atoms with Crippen molar-refractivity contribution in [2.24, 2.45) is 23.1 Å². The minimum Gasteiger partial charge on any atom is -0.481 e. The third-order valence-electron chi connectivity index (χ3n) is 16.8. The molecule has 2 aromatic carbocycles. The van der Waals surface area contributed by atoms with Crippen LogP contribution in [-0.2, 0) is 94.3 Å². The summed E-state index contributed by atoms with van der Waals surface area (Å²) in [7, 11) is 0. The highest BCUT2D eigenvalue weighted by Gasteiger charge is 2.40. The molecule has 13 atom stereocenters. The lowest BCUT2D eigenvalue weighted by molar-refractivity contribution is -0.156. The molecule has 572 valence electrons. The lowest BCUT2D eigenvalue weighted by Crippen LogP contribution is -2.62. The summed E-state index contributed by atoms with van der Waals surface area (Å²) in [5, 5.41) is 69.1. The van der Waals surface area contributed by atoms with Crippen molar-refractivity contribution >= 4 is 106 Å². The number of hydrogen-bond acceptors (Lipinski definition) is 21. The monoisotopic (exact) mass is 1460 g/mol. The van der Waals surface area contributed by atoms with Crippen LogP contribution in [-0.4, -0.2) is 226 Å². The smallest absolute Gasteiger partial charge is 0.329 e. The van der Waals surface area contributed by atoms with E-state index in [1.54, 1.807) is 74.6 Å². The van der Waals surface area contributed by atoms with Crippen LogP contribution in [0.3, 0.4) is 0 Å². The molecule has 1 aliphatic rings. The van der Waals surface area contributed by atoms with Gasteiger partial charge in [0, 0.05) is 29.9 Å². The van der Waals surface area contributed by atoms with Gasteiger partial charge < -0.3 is 111 Å². The van der Waals surface area contributed by atoms with Gasteiger partial charge in [-0.2, -0.15) is 0 Å². The van der Waals surface area contributed by atoms with Crippen molar-refractivity contribution in [2.45, 2.75) is 197 Å². The molecule has 13 amide bonds. The molecule has 104 heavy (non-hydrogen) atoms. The van der Waals surface area contributed by atoms with Crippen molar-refractivity contribution in [2.75, 3.05) is 32.8 Å². The van der Waals surface area contributed by atoms with E-state index >= 15 is 0 Å². The van der Waals surface area contributed by atoms with Crippen LogP contribution >= 0.6 is 0 Å². The lowest BCUT2D eigenvalue weighted by atomic mass is 9.96. The Balaban J connectivity index is 1.86. The molecule has 37 heteroatoms. The first-order chi connectivity index (χ1) is 49.4. The Morgan fingerprint density at radius 3 is 1.65 bits per heavy atom. The van der Waals surface area contributed by atoms with Gasteiger partial charge in [-0.15, -0.1) is 0 Å². The summed E-state index contributed by atoms with van der Waals surface area (Å²) < 4.78 is 5.86. The van der Waals surface area contributed by atoms with Crippen LogP contribution in [0.5, 0.6) is 0 Å². The molecule has 3 aromatic rings. The van der Waals surface area contributed by atoms with E-state index in [2.05, 4.69) is 63.5 Å². The Kier molecular flexibility index (Phi) is 36.3. The molecule has 1 aliphatic heterocycles. The van der Waals surface area contributed by atoms with Crippen LogP contribution in [0.4, 0.5) is 0 Å². The maximum atomic E-state index is 14.8. The molecule has 2 heterocycles. The van der Waals surface area contributed by atoms with Crippen LogP contribution in [0.2, 0.25) is 0 Å². The van der Waals surface area contributed by atoms with Gasteiger partial charge in [-0.3, -0.25) is 71.9 Å². The topological polar surface area (TPSA) is 601 Å². The standard InChI is InChI=1S/C67H98N16O21/c1-5-7-8-9-13-18-39(85)27-51(87)76-49(34-84)64(100)83-57-36(4)104-67(103)48(25-37-16-11-10-12-17-37)81-61(97)43(22-24-69)77-65(101)56(35(3)6-2)82-63(99)44(26-38-31-71-41-20-15-14-19-40(38)41)74-52(88)32-72-59(95)47(30-55(92)93)80-62(98)45(28-50(70)86)75-53(89)33-73-58(94)46(29-54(90)91)79-60(96)42(21-23-68)78-66(57)102/h10-12,14-17,19-20,31,35-36,39,42-49,56-57,71,84-85H,5-9,13,18,21-30,32-34,68-69H2,1-4H3,(H2,70,86)(H,72,95)(H,73,94)(H,74,88)(H,75,89)(H,76,87)(H,77,101)(H,78,102)(H,79,96)(H,80,98)(H,81,97)(H,82,99)(H,83,100)(H,90,91)(H,92,93).